The maximum atomic E-state index is 12.7. The van der Waals surface area contributed by atoms with E-state index >= 15 is 0 Å². The molecule has 2 fully saturated rings. The van der Waals surface area contributed by atoms with Crippen molar-refractivity contribution in [3.8, 4) is 0 Å². The number of nitro benzene ring substituents is 1. The Bertz CT molecular complexity index is 823. The number of benzene rings is 1. The van der Waals surface area contributed by atoms with Crippen molar-refractivity contribution in [3.63, 3.8) is 0 Å². The smallest absolute Gasteiger partial charge is 0.271 e. The maximum Gasteiger partial charge on any atom is 0.271 e. The standard InChI is InChI=1S/C15H15N5O3S2/c21-13-12(24-15-18-17-14(25-15)16-9-4-5-9)6-7-19(13)10-2-1-3-11(8-10)20(22)23/h1-3,8-9,12H,4-7H2,(H,16,17). The van der Waals surface area contributed by atoms with Gasteiger partial charge >= 0.3 is 0 Å². The van der Waals surface area contributed by atoms with Crippen molar-refractivity contribution in [2.24, 2.45) is 0 Å². The predicted octanol–water partition coefficient (Wildman–Crippen LogP) is 2.92. The highest BCUT2D eigenvalue weighted by molar-refractivity contribution is 8.02. The Hall–Kier alpha value is -2.20. The molecule has 0 radical (unpaired) electrons. The van der Waals surface area contributed by atoms with E-state index in [1.54, 1.807) is 17.0 Å². The fraction of sp³-hybridized carbons (Fsp3) is 0.400. The lowest BCUT2D eigenvalue weighted by Crippen LogP contribution is -2.27. The molecule has 1 saturated carbocycles. The zero-order valence-electron chi connectivity index (χ0n) is 13.1. The van der Waals surface area contributed by atoms with E-state index in [-0.39, 0.29) is 16.8 Å². The van der Waals surface area contributed by atoms with Gasteiger partial charge in [0.25, 0.3) is 5.69 Å². The summed E-state index contributed by atoms with van der Waals surface area (Å²) < 4.78 is 0.766. The third kappa shape index (κ3) is 3.59. The first-order valence-electron chi connectivity index (χ1n) is 7.93. The van der Waals surface area contributed by atoms with Crippen LogP contribution in [0.15, 0.2) is 28.6 Å². The van der Waals surface area contributed by atoms with E-state index in [9.17, 15) is 14.9 Å². The Morgan fingerprint density at radius 1 is 1.32 bits per heavy atom. The summed E-state index contributed by atoms with van der Waals surface area (Å²) >= 11 is 2.88. The molecular weight excluding hydrogens is 362 g/mol. The molecule has 10 heteroatoms. The number of amides is 1. The zero-order chi connectivity index (χ0) is 17.4. The number of aromatic nitrogens is 2. The van der Waals surface area contributed by atoms with Gasteiger partial charge < -0.3 is 10.2 Å². The molecule has 1 aromatic carbocycles. The Balaban J connectivity index is 1.43. The molecule has 1 aliphatic carbocycles. The first-order chi connectivity index (χ1) is 12.1. The third-order valence-electron chi connectivity index (χ3n) is 4.06. The van der Waals surface area contributed by atoms with Crippen LogP contribution < -0.4 is 10.2 Å². The molecule has 2 heterocycles. The highest BCUT2D eigenvalue weighted by atomic mass is 32.2. The number of nitrogens with one attached hydrogen (secondary N) is 1. The second-order valence-corrected chi connectivity index (χ2v) is 8.38. The second-order valence-electron chi connectivity index (χ2n) is 5.95. The maximum absolute atomic E-state index is 12.7. The molecule has 2 aromatic rings. The molecule has 4 rings (SSSR count). The summed E-state index contributed by atoms with van der Waals surface area (Å²) in [4.78, 5) is 24.7. The monoisotopic (exact) mass is 377 g/mol. The predicted molar refractivity (Wildman–Crippen MR) is 96.3 cm³/mol. The number of rotatable bonds is 6. The van der Waals surface area contributed by atoms with Gasteiger partial charge in [-0.1, -0.05) is 29.2 Å². The molecule has 2 aliphatic rings. The Morgan fingerprint density at radius 3 is 2.92 bits per heavy atom. The van der Waals surface area contributed by atoms with Crippen LogP contribution in [0, 0.1) is 10.1 Å². The molecule has 130 valence electrons. The highest BCUT2D eigenvalue weighted by Crippen LogP contribution is 2.37. The van der Waals surface area contributed by atoms with E-state index in [0.29, 0.717) is 24.7 Å². The van der Waals surface area contributed by atoms with Crippen molar-refractivity contribution in [2.45, 2.75) is 34.9 Å². The van der Waals surface area contributed by atoms with Gasteiger partial charge in [0.2, 0.25) is 11.0 Å². The van der Waals surface area contributed by atoms with Gasteiger partial charge in [-0.15, -0.1) is 10.2 Å². The molecule has 0 bridgehead atoms. The van der Waals surface area contributed by atoms with Crippen LogP contribution in [-0.2, 0) is 4.79 Å². The van der Waals surface area contributed by atoms with Crippen LogP contribution in [0.1, 0.15) is 19.3 Å². The number of non-ortho nitro benzene ring substituents is 1. The summed E-state index contributed by atoms with van der Waals surface area (Å²) in [6.07, 6.45) is 3.01. The van der Waals surface area contributed by atoms with Gasteiger partial charge in [0, 0.05) is 24.7 Å². The van der Waals surface area contributed by atoms with Gasteiger partial charge in [-0.05, 0) is 25.3 Å². The second kappa shape index (κ2) is 6.60. The van der Waals surface area contributed by atoms with Gasteiger partial charge in [-0.3, -0.25) is 14.9 Å². The van der Waals surface area contributed by atoms with Crippen molar-refractivity contribution < 1.29 is 9.72 Å². The normalized spacial score (nSPS) is 20.1. The summed E-state index contributed by atoms with van der Waals surface area (Å²) in [5.74, 6) is -0.0441. The average Bonchev–Trinajstić information content (AvgIpc) is 3.19. The molecule has 1 unspecified atom stereocenters. The molecule has 1 aliphatic heterocycles. The lowest BCUT2D eigenvalue weighted by molar-refractivity contribution is -0.384. The fourth-order valence-corrected chi connectivity index (χ4v) is 4.75. The first kappa shape index (κ1) is 16.3. The third-order valence-corrected chi connectivity index (χ3v) is 6.26. The van der Waals surface area contributed by atoms with Gasteiger partial charge in [-0.2, -0.15) is 0 Å². The molecule has 1 saturated heterocycles. The number of nitrogens with zero attached hydrogens (tertiary/aromatic N) is 4. The highest BCUT2D eigenvalue weighted by Gasteiger charge is 2.34. The van der Waals surface area contributed by atoms with Crippen LogP contribution in [0.25, 0.3) is 0 Å². The van der Waals surface area contributed by atoms with E-state index in [0.717, 1.165) is 9.47 Å². The lowest BCUT2D eigenvalue weighted by atomic mass is 10.2. The van der Waals surface area contributed by atoms with Crippen LogP contribution in [0.4, 0.5) is 16.5 Å². The molecule has 1 atom stereocenters. The van der Waals surface area contributed by atoms with E-state index in [4.69, 9.17) is 0 Å². The largest absolute Gasteiger partial charge is 0.357 e. The number of carbonyl (C=O) groups excluding carboxylic acids is 1. The van der Waals surface area contributed by atoms with Gasteiger partial charge in [0.1, 0.15) is 0 Å². The molecule has 8 nitrogen and oxygen atoms in total. The molecule has 1 N–H and O–H groups in total. The zero-order valence-corrected chi connectivity index (χ0v) is 14.8. The average molecular weight is 377 g/mol. The Kier molecular flexibility index (Phi) is 4.30. The van der Waals surface area contributed by atoms with Crippen molar-refractivity contribution >= 4 is 45.5 Å². The molecular formula is C15H15N5O3S2. The van der Waals surface area contributed by atoms with Crippen LogP contribution >= 0.6 is 23.1 Å². The fourth-order valence-electron chi connectivity index (χ4n) is 2.63. The van der Waals surface area contributed by atoms with Crippen molar-refractivity contribution in [3.05, 3.63) is 34.4 Å². The van der Waals surface area contributed by atoms with Gasteiger partial charge in [-0.25, -0.2) is 0 Å². The van der Waals surface area contributed by atoms with E-state index < -0.39 is 4.92 Å². The summed E-state index contributed by atoms with van der Waals surface area (Å²) in [6.45, 7) is 0.545. The quantitative estimate of drug-likeness (QED) is 0.610. The Labute approximate surface area is 151 Å². The SMILES string of the molecule is O=C1C(Sc2nnc(NC3CC3)s2)CCN1c1cccc([N+](=O)[O-])c1. The summed E-state index contributed by atoms with van der Waals surface area (Å²) in [6, 6.07) is 6.70. The molecule has 0 spiro atoms. The summed E-state index contributed by atoms with van der Waals surface area (Å²) in [5.41, 5.74) is 0.553. The lowest BCUT2D eigenvalue weighted by Gasteiger charge is -2.16. The van der Waals surface area contributed by atoms with E-state index in [1.807, 2.05) is 0 Å². The summed E-state index contributed by atoms with van der Waals surface area (Å²) in [5, 5.41) is 23.0. The number of thioether (sulfide) groups is 1. The van der Waals surface area contributed by atoms with Gasteiger partial charge in [0.05, 0.1) is 15.9 Å². The molecule has 25 heavy (non-hydrogen) atoms. The number of hydrogen-bond acceptors (Lipinski definition) is 8. The molecule has 1 amide bonds. The van der Waals surface area contributed by atoms with Crippen molar-refractivity contribution in [1.82, 2.24) is 10.2 Å². The van der Waals surface area contributed by atoms with E-state index in [1.165, 1.54) is 48.1 Å². The molecule has 1 aromatic heterocycles. The Morgan fingerprint density at radius 2 is 2.16 bits per heavy atom. The van der Waals surface area contributed by atoms with Crippen LogP contribution in [-0.4, -0.2) is 38.9 Å². The van der Waals surface area contributed by atoms with Crippen LogP contribution in [0.3, 0.4) is 0 Å². The number of hydrogen-bond donors (Lipinski definition) is 1. The number of anilines is 2. The van der Waals surface area contributed by atoms with Crippen molar-refractivity contribution in [1.29, 1.82) is 0 Å². The number of carbonyl (C=O) groups is 1. The van der Waals surface area contributed by atoms with Crippen LogP contribution in [0.5, 0.6) is 0 Å². The number of nitro groups is 1. The van der Waals surface area contributed by atoms with Gasteiger partial charge in [0.15, 0.2) is 4.34 Å². The van der Waals surface area contributed by atoms with E-state index in [2.05, 4.69) is 15.5 Å². The first-order valence-corrected chi connectivity index (χ1v) is 9.62. The minimum atomic E-state index is -0.452. The topological polar surface area (TPSA) is 101 Å². The van der Waals surface area contributed by atoms with Crippen molar-refractivity contribution in [2.75, 3.05) is 16.8 Å². The minimum absolute atomic E-state index is 0.0127. The summed E-state index contributed by atoms with van der Waals surface area (Å²) in [7, 11) is 0. The minimum Gasteiger partial charge on any atom is -0.357 e. The van der Waals surface area contributed by atoms with Crippen LogP contribution in [0.2, 0.25) is 0 Å².